The van der Waals surface area contributed by atoms with Gasteiger partial charge in [-0.15, -0.1) is 0 Å². The van der Waals surface area contributed by atoms with Crippen molar-refractivity contribution in [1.29, 1.82) is 0 Å². The van der Waals surface area contributed by atoms with E-state index >= 15 is 0 Å². The molecule has 2 saturated carbocycles. The molecule has 2 fully saturated rings. The Kier molecular flexibility index (Phi) is 11.0. The molecule has 0 radical (unpaired) electrons. The van der Waals surface area contributed by atoms with Crippen LogP contribution in [0.5, 0.6) is 0 Å². The third kappa shape index (κ3) is 7.21. The molecule has 0 saturated heterocycles. The number of hydrogen-bond donors (Lipinski definition) is 0. The molecule has 0 N–H and O–H groups in total. The molecule has 2 aliphatic heterocycles. The smallest absolute Gasteiger partial charge is 0.211 e. The molecule has 4 aliphatic rings. The van der Waals surface area contributed by atoms with Crippen LogP contribution in [-0.4, -0.2) is 11.1 Å². The molecule has 4 unspecified atom stereocenters. The van der Waals surface area contributed by atoms with E-state index in [0.717, 1.165) is 0 Å². The second kappa shape index (κ2) is 17.2. The highest BCUT2D eigenvalue weighted by molar-refractivity contribution is 6.22. The molecule has 2 aliphatic carbocycles. The molecule has 0 spiro atoms. The summed E-state index contributed by atoms with van der Waals surface area (Å²) in [6, 6.07) is 60.5. The standard InChI is InChI=1S/C72H76N4/c1-67(2,3)51-25-29-53(30-26-51)75-63-37-43-73(47-61(63)69(7)39-17-19-41-71(69,75)9)55-33-35-57-59(45-55)65(49-21-13-11-14-22-49)58-36-34-56(46-60(58)66(57)50-23-15-12-16-24-50)74-44-38-64-62(48-74)70(8)40-18-20-42-72(70,10)76(64)54-31-27-52(28-32-54)68(4,5)6/h11-16,21-38,43-48H,17-20,39-42H2,1-10H3/q+2. The van der Waals surface area contributed by atoms with Gasteiger partial charge in [0.2, 0.25) is 11.4 Å². The van der Waals surface area contributed by atoms with Gasteiger partial charge in [-0.05, 0) is 142 Å². The fourth-order valence-corrected chi connectivity index (χ4v) is 15.0. The molecule has 2 aromatic heterocycles. The first-order valence-corrected chi connectivity index (χ1v) is 28.5. The second-order valence-electron chi connectivity index (χ2n) is 26.1. The van der Waals surface area contributed by atoms with Gasteiger partial charge >= 0.3 is 0 Å². The Bertz CT molecular complexity index is 3480. The number of aromatic nitrogens is 2. The van der Waals surface area contributed by atoms with Crippen molar-refractivity contribution < 1.29 is 9.13 Å². The summed E-state index contributed by atoms with van der Waals surface area (Å²) in [5, 5.41) is 5.04. The van der Waals surface area contributed by atoms with Crippen molar-refractivity contribution in [3.63, 3.8) is 0 Å². The molecule has 4 atom stereocenters. The van der Waals surface area contributed by atoms with Gasteiger partial charge in [-0.3, -0.25) is 0 Å². The van der Waals surface area contributed by atoms with Crippen LogP contribution in [0.1, 0.15) is 143 Å². The summed E-state index contributed by atoms with van der Waals surface area (Å²) in [4.78, 5) is 5.41. The highest BCUT2D eigenvalue weighted by Crippen LogP contribution is 2.62. The third-order valence-electron chi connectivity index (χ3n) is 19.9. The Balaban J connectivity index is 0.972. The van der Waals surface area contributed by atoms with Gasteiger partial charge in [0.1, 0.15) is 0 Å². The van der Waals surface area contributed by atoms with Gasteiger partial charge in [-0.1, -0.05) is 166 Å². The van der Waals surface area contributed by atoms with Crippen molar-refractivity contribution in [2.75, 3.05) is 9.80 Å². The van der Waals surface area contributed by atoms with E-state index in [0.29, 0.717) is 0 Å². The van der Waals surface area contributed by atoms with E-state index in [2.05, 4.69) is 271 Å². The van der Waals surface area contributed by atoms with Gasteiger partial charge < -0.3 is 9.80 Å². The van der Waals surface area contributed by atoms with Crippen molar-refractivity contribution >= 4 is 44.3 Å². The van der Waals surface area contributed by atoms with E-state index in [1.165, 1.54) is 152 Å². The van der Waals surface area contributed by atoms with Crippen LogP contribution in [0.25, 0.3) is 55.2 Å². The highest BCUT2D eigenvalue weighted by Gasteiger charge is 2.60. The van der Waals surface area contributed by atoms with Gasteiger partial charge in [-0.2, -0.15) is 9.13 Å². The largest absolute Gasteiger partial charge is 0.334 e. The van der Waals surface area contributed by atoms with E-state index in [1.807, 2.05) is 0 Å². The molecule has 4 heteroatoms. The van der Waals surface area contributed by atoms with E-state index in [9.17, 15) is 0 Å². The summed E-state index contributed by atoms with van der Waals surface area (Å²) in [6.45, 7) is 24.0. The summed E-state index contributed by atoms with van der Waals surface area (Å²) in [6.07, 6.45) is 19.3. The maximum absolute atomic E-state index is 2.70. The summed E-state index contributed by atoms with van der Waals surface area (Å²) in [7, 11) is 0. The molecule has 7 aromatic carbocycles. The lowest BCUT2D eigenvalue weighted by molar-refractivity contribution is -0.596. The number of rotatable bonds is 6. The molecule has 13 rings (SSSR count). The molecule has 0 bridgehead atoms. The van der Waals surface area contributed by atoms with Crippen molar-refractivity contribution in [3.05, 3.63) is 205 Å². The van der Waals surface area contributed by atoms with Crippen LogP contribution < -0.4 is 18.9 Å². The molecule has 76 heavy (non-hydrogen) atoms. The average Bonchev–Trinajstić information content (AvgIpc) is 4.03. The van der Waals surface area contributed by atoms with Gasteiger partial charge in [0.05, 0.1) is 22.5 Å². The summed E-state index contributed by atoms with van der Waals surface area (Å²) >= 11 is 0. The van der Waals surface area contributed by atoms with Crippen molar-refractivity contribution in [1.82, 2.24) is 0 Å². The number of benzene rings is 7. The topological polar surface area (TPSA) is 14.2 Å². The van der Waals surface area contributed by atoms with Gasteiger partial charge in [0, 0.05) is 69.7 Å². The molecular formula is C72H76N4+2. The zero-order chi connectivity index (χ0) is 52.6. The van der Waals surface area contributed by atoms with Crippen LogP contribution in [0, 0.1) is 0 Å². The Morgan fingerprint density at radius 1 is 0.395 bits per heavy atom. The molecule has 4 nitrogen and oxygen atoms in total. The lowest BCUT2D eigenvalue weighted by Gasteiger charge is -2.50. The van der Waals surface area contributed by atoms with Gasteiger partial charge in [0.25, 0.3) is 0 Å². The Morgan fingerprint density at radius 2 is 0.763 bits per heavy atom. The lowest BCUT2D eigenvalue weighted by Crippen LogP contribution is -2.54. The number of fused-ring (bicyclic) bond motifs is 8. The predicted octanol–water partition coefficient (Wildman–Crippen LogP) is 18.0. The van der Waals surface area contributed by atoms with Crippen LogP contribution in [0.2, 0.25) is 0 Å². The normalized spacial score (nSPS) is 23.1. The minimum Gasteiger partial charge on any atom is -0.334 e. The third-order valence-corrected chi connectivity index (χ3v) is 19.9. The minimum atomic E-state index is -0.0337. The number of nitrogens with zero attached hydrogens (tertiary/aromatic N) is 4. The summed E-state index contributed by atoms with van der Waals surface area (Å²) < 4.78 is 4.83. The van der Waals surface area contributed by atoms with E-state index in [-0.39, 0.29) is 32.7 Å². The van der Waals surface area contributed by atoms with Crippen LogP contribution in [0.4, 0.5) is 22.7 Å². The monoisotopic (exact) mass is 997 g/mol. The van der Waals surface area contributed by atoms with Crippen molar-refractivity contribution in [3.8, 4) is 33.6 Å². The fourth-order valence-electron chi connectivity index (χ4n) is 15.0. The minimum absolute atomic E-state index is 0.00486. The Labute approximate surface area is 452 Å². The molecule has 4 heterocycles. The van der Waals surface area contributed by atoms with E-state index < -0.39 is 0 Å². The van der Waals surface area contributed by atoms with Gasteiger partial charge in [0.15, 0.2) is 24.8 Å². The lowest BCUT2D eigenvalue weighted by atomic mass is 9.62. The summed E-state index contributed by atoms with van der Waals surface area (Å²) in [5.41, 5.74) is 18.4. The van der Waals surface area contributed by atoms with Crippen LogP contribution in [0.3, 0.4) is 0 Å². The Morgan fingerprint density at radius 3 is 1.13 bits per heavy atom. The first-order chi connectivity index (χ1) is 36.4. The zero-order valence-electron chi connectivity index (χ0n) is 46.8. The molecule has 0 amide bonds. The van der Waals surface area contributed by atoms with Crippen molar-refractivity contribution in [2.45, 2.75) is 153 Å². The second-order valence-corrected chi connectivity index (χ2v) is 26.1. The molecule has 9 aromatic rings. The Hall–Kier alpha value is -7.04. The number of anilines is 4. The SMILES string of the molecule is CC(C)(C)c1ccc(N2c3cc[n+](-c4ccc5c(-c6ccccc6)c6cc(-[n+]7ccc8c(c7)C7(C)CCCCC7(C)N8c7ccc(C(C)(C)C)cc7)ccc6c(-c6ccccc6)c5c4)cc3C3(C)CCCCC23C)cc1. The first-order valence-electron chi connectivity index (χ1n) is 28.5. The first kappa shape index (κ1) is 48.6. The van der Waals surface area contributed by atoms with E-state index in [4.69, 9.17) is 0 Å². The quantitative estimate of drug-likeness (QED) is 0.122. The number of hydrogen-bond acceptors (Lipinski definition) is 2. The maximum Gasteiger partial charge on any atom is 0.211 e. The van der Waals surface area contributed by atoms with Gasteiger partial charge in [-0.25, -0.2) is 0 Å². The predicted molar refractivity (Wildman–Crippen MR) is 318 cm³/mol. The number of pyridine rings is 2. The van der Waals surface area contributed by atoms with E-state index in [1.54, 1.807) is 0 Å². The summed E-state index contributed by atoms with van der Waals surface area (Å²) in [5.74, 6) is 0. The average molecular weight is 997 g/mol. The van der Waals surface area contributed by atoms with Crippen LogP contribution in [-0.2, 0) is 21.7 Å². The van der Waals surface area contributed by atoms with Crippen LogP contribution >= 0.6 is 0 Å². The van der Waals surface area contributed by atoms with Crippen LogP contribution in [0.15, 0.2) is 183 Å². The molecule has 382 valence electrons. The fraction of sp³-hybridized carbons (Fsp3) is 0.333. The molecular weight excluding hydrogens is 921 g/mol. The highest BCUT2D eigenvalue weighted by atomic mass is 15.3. The zero-order valence-corrected chi connectivity index (χ0v) is 46.8. The maximum atomic E-state index is 2.70. The van der Waals surface area contributed by atoms with Crippen molar-refractivity contribution in [2.24, 2.45) is 0 Å².